The van der Waals surface area contributed by atoms with Crippen molar-refractivity contribution in [3.8, 4) is 0 Å². The largest absolute Gasteiger partial charge is 0.344 e. The van der Waals surface area contributed by atoms with Gasteiger partial charge in [0.15, 0.2) is 5.69 Å². The van der Waals surface area contributed by atoms with Gasteiger partial charge >= 0.3 is 0 Å². The third kappa shape index (κ3) is 6.28. The highest BCUT2D eigenvalue weighted by Gasteiger charge is 2.23. The van der Waals surface area contributed by atoms with Crippen LogP contribution in [0.15, 0.2) is 30.5 Å². The highest BCUT2D eigenvalue weighted by atomic mass is 35.5. The predicted octanol–water partition coefficient (Wildman–Crippen LogP) is 4.09. The normalized spacial score (nSPS) is 15.7. The minimum Gasteiger partial charge on any atom is -0.344 e. The summed E-state index contributed by atoms with van der Waals surface area (Å²) in [6, 6.07) is 8.92. The first-order valence-corrected chi connectivity index (χ1v) is 10.6. The Bertz CT molecular complexity index is 753. The Hall–Kier alpha value is -1.92. The Balaban J connectivity index is 0.00000300. The van der Waals surface area contributed by atoms with Gasteiger partial charge in [0.05, 0.1) is 18.3 Å². The maximum Gasteiger partial charge on any atom is 0.273 e. The Morgan fingerprint density at radius 3 is 2.55 bits per heavy atom. The third-order valence-electron chi connectivity index (χ3n) is 5.54. The van der Waals surface area contributed by atoms with Crippen molar-refractivity contribution in [2.45, 2.75) is 65.0 Å². The Morgan fingerprint density at radius 1 is 1.24 bits per heavy atom. The quantitative estimate of drug-likeness (QED) is 0.675. The van der Waals surface area contributed by atoms with Crippen molar-refractivity contribution in [1.29, 1.82) is 0 Å². The highest BCUT2D eigenvalue weighted by molar-refractivity contribution is 5.92. The lowest BCUT2D eigenvalue weighted by atomic mass is 9.94. The number of piperidine rings is 1. The molecule has 3 rings (SSSR count). The second-order valence-electron chi connectivity index (χ2n) is 8.11. The van der Waals surface area contributed by atoms with Crippen LogP contribution in [0.25, 0.3) is 0 Å². The van der Waals surface area contributed by atoms with Gasteiger partial charge in [-0.3, -0.25) is 4.79 Å². The van der Waals surface area contributed by atoms with Crippen LogP contribution in [-0.2, 0) is 6.42 Å². The molecule has 1 aromatic heterocycles. The van der Waals surface area contributed by atoms with Gasteiger partial charge in [-0.05, 0) is 55.8 Å². The molecule has 7 heteroatoms. The summed E-state index contributed by atoms with van der Waals surface area (Å²) in [5, 5.41) is 14.8. The Labute approximate surface area is 180 Å². The maximum atomic E-state index is 12.8. The molecule has 1 unspecified atom stereocenters. The van der Waals surface area contributed by atoms with E-state index in [9.17, 15) is 4.79 Å². The smallest absolute Gasteiger partial charge is 0.273 e. The summed E-state index contributed by atoms with van der Waals surface area (Å²) in [7, 11) is 0. The topological polar surface area (TPSA) is 71.8 Å². The molecule has 1 fully saturated rings. The minimum atomic E-state index is -0.158. The number of aryl methyl sites for hydroxylation is 1. The van der Waals surface area contributed by atoms with Crippen LogP contribution in [0.4, 0.5) is 0 Å². The van der Waals surface area contributed by atoms with Crippen molar-refractivity contribution >= 4 is 18.3 Å². The summed E-state index contributed by atoms with van der Waals surface area (Å²) in [6.45, 7) is 8.43. The molecule has 0 aliphatic carbocycles. The van der Waals surface area contributed by atoms with Gasteiger partial charge in [0.25, 0.3) is 5.91 Å². The number of unbranched alkanes of at least 4 members (excludes halogenated alkanes) is 1. The van der Waals surface area contributed by atoms with E-state index in [1.54, 1.807) is 6.20 Å². The number of rotatable bonds is 8. The zero-order chi connectivity index (χ0) is 19.9. The molecule has 0 bridgehead atoms. The van der Waals surface area contributed by atoms with Crippen LogP contribution in [0.5, 0.6) is 0 Å². The molecular formula is C22H34ClN5O. The number of carbonyl (C=O) groups excluding carboxylic acids is 1. The molecule has 0 radical (unpaired) electrons. The van der Waals surface area contributed by atoms with E-state index in [1.165, 1.54) is 18.4 Å². The van der Waals surface area contributed by atoms with E-state index in [4.69, 9.17) is 0 Å². The van der Waals surface area contributed by atoms with E-state index in [-0.39, 0.29) is 30.3 Å². The predicted molar refractivity (Wildman–Crippen MR) is 119 cm³/mol. The van der Waals surface area contributed by atoms with Crippen LogP contribution < -0.4 is 10.6 Å². The second kappa shape index (κ2) is 11.3. The molecule has 1 atom stereocenters. The number of carbonyl (C=O) groups is 1. The molecule has 1 saturated heterocycles. The van der Waals surface area contributed by atoms with E-state index in [2.05, 4.69) is 66.0 Å². The van der Waals surface area contributed by atoms with Gasteiger partial charge in [0.2, 0.25) is 0 Å². The first-order valence-electron chi connectivity index (χ1n) is 10.6. The number of hydrogen-bond acceptors (Lipinski definition) is 4. The van der Waals surface area contributed by atoms with E-state index in [0.717, 1.165) is 37.9 Å². The number of aromatic nitrogens is 3. The molecule has 1 aliphatic heterocycles. The molecule has 0 saturated carbocycles. The lowest BCUT2D eigenvalue weighted by molar-refractivity contribution is 0.0920. The molecule has 1 aliphatic rings. The molecule has 160 valence electrons. The molecule has 0 spiro atoms. The van der Waals surface area contributed by atoms with Crippen molar-refractivity contribution in [1.82, 2.24) is 25.6 Å². The van der Waals surface area contributed by atoms with E-state index in [0.29, 0.717) is 11.7 Å². The van der Waals surface area contributed by atoms with Crippen LogP contribution in [0.2, 0.25) is 0 Å². The third-order valence-corrected chi connectivity index (χ3v) is 5.54. The average molecular weight is 420 g/mol. The van der Waals surface area contributed by atoms with Gasteiger partial charge in [0, 0.05) is 0 Å². The zero-order valence-electron chi connectivity index (χ0n) is 17.7. The van der Waals surface area contributed by atoms with E-state index in [1.807, 2.05) is 4.68 Å². The number of hydrogen-bond donors (Lipinski definition) is 2. The highest BCUT2D eigenvalue weighted by Crippen LogP contribution is 2.23. The average Bonchev–Trinajstić information content (AvgIpc) is 3.22. The van der Waals surface area contributed by atoms with Crippen LogP contribution in [0.3, 0.4) is 0 Å². The molecule has 1 amide bonds. The van der Waals surface area contributed by atoms with Crippen molar-refractivity contribution in [2.75, 3.05) is 13.1 Å². The number of halogens is 1. The summed E-state index contributed by atoms with van der Waals surface area (Å²) in [4.78, 5) is 12.8. The lowest BCUT2D eigenvalue weighted by Gasteiger charge is -2.23. The summed E-state index contributed by atoms with van der Waals surface area (Å²) in [6.07, 6.45) is 7.33. The molecule has 2 aromatic rings. The number of nitrogens with one attached hydrogen (secondary N) is 2. The summed E-state index contributed by atoms with van der Waals surface area (Å²) < 4.78 is 1.85. The van der Waals surface area contributed by atoms with Crippen molar-refractivity contribution in [3.05, 3.63) is 47.3 Å². The monoisotopic (exact) mass is 419 g/mol. The summed E-state index contributed by atoms with van der Waals surface area (Å²) in [5.41, 5.74) is 2.88. The second-order valence-corrected chi connectivity index (χ2v) is 8.11. The van der Waals surface area contributed by atoms with Crippen molar-refractivity contribution < 1.29 is 4.79 Å². The molecule has 1 aromatic carbocycles. The van der Waals surface area contributed by atoms with E-state index >= 15 is 0 Å². The Morgan fingerprint density at radius 2 is 1.93 bits per heavy atom. The van der Waals surface area contributed by atoms with Crippen LogP contribution in [0, 0.1) is 5.92 Å². The van der Waals surface area contributed by atoms with Crippen molar-refractivity contribution in [3.63, 3.8) is 0 Å². The van der Waals surface area contributed by atoms with E-state index < -0.39 is 0 Å². The number of nitrogens with zero attached hydrogens (tertiary/aromatic N) is 3. The molecule has 2 heterocycles. The lowest BCUT2D eigenvalue weighted by Crippen LogP contribution is -2.32. The van der Waals surface area contributed by atoms with Gasteiger partial charge in [-0.1, -0.05) is 56.7 Å². The van der Waals surface area contributed by atoms with Gasteiger partial charge in [-0.25, -0.2) is 4.68 Å². The van der Waals surface area contributed by atoms with Crippen LogP contribution in [-0.4, -0.2) is 34.0 Å². The number of benzene rings is 1. The fourth-order valence-electron chi connectivity index (χ4n) is 3.75. The first-order chi connectivity index (χ1) is 13.6. The van der Waals surface area contributed by atoms with Crippen LogP contribution in [0.1, 0.15) is 80.2 Å². The number of amides is 1. The molecule has 2 N–H and O–H groups in total. The molecule has 29 heavy (non-hydrogen) atoms. The fourth-order valence-corrected chi connectivity index (χ4v) is 3.75. The van der Waals surface area contributed by atoms with Gasteiger partial charge in [-0.15, -0.1) is 17.5 Å². The van der Waals surface area contributed by atoms with Gasteiger partial charge in [-0.2, -0.15) is 0 Å². The fraction of sp³-hybridized carbons (Fsp3) is 0.591. The molecular weight excluding hydrogens is 386 g/mol. The minimum absolute atomic E-state index is 0. The Kier molecular flexibility index (Phi) is 9.11. The summed E-state index contributed by atoms with van der Waals surface area (Å²) in [5.74, 6) is 0.124. The maximum absolute atomic E-state index is 12.8. The summed E-state index contributed by atoms with van der Waals surface area (Å²) >= 11 is 0. The van der Waals surface area contributed by atoms with Gasteiger partial charge < -0.3 is 10.6 Å². The first kappa shape index (κ1) is 23.4. The standard InChI is InChI=1S/C22H33N5O.ClH/c1-4-5-6-17-7-9-18(10-8-17)21(16(2)3)24-22(28)20-15-27(26-25-20)19-11-13-23-14-12-19;/h7-10,15-16,19,21,23H,4-6,11-14H2,1-3H3,(H,24,28);1H. The SMILES string of the molecule is CCCCc1ccc(C(NC(=O)c2cn(C3CCNCC3)nn2)C(C)C)cc1.Cl. The zero-order valence-corrected chi connectivity index (χ0v) is 18.5. The van der Waals surface area contributed by atoms with Gasteiger partial charge in [0.1, 0.15) is 0 Å². The van der Waals surface area contributed by atoms with Crippen molar-refractivity contribution in [2.24, 2.45) is 5.92 Å². The van der Waals surface area contributed by atoms with Crippen LogP contribution >= 0.6 is 12.4 Å². The molecule has 6 nitrogen and oxygen atoms in total.